The lowest BCUT2D eigenvalue weighted by Gasteiger charge is -2.31. The van der Waals surface area contributed by atoms with Crippen LogP contribution in [-0.4, -0.2) is 66.2 Å². The van der Waals surface area contributed by atoms with E-state index in [1.54, 1.807) is 18.9 Å². The van der Waals surface area contributed by atoms with Crippen molar-refractivity contribution in [1.82, 2.24) is 16.0 Å². The molecule has 3 N–H and O–H groups in total. The number of hydrogen-bond donors (Lipinski definition) is 3. The Bertz CT molecular complexity index is 1520. The van der Waals surface area contributed by atoms with Gasteiger partial charge in [-0.15, -0.1) is 0 Å². The van der Waals surface area contributed by atoms with Gasteiger partial charge in [-0.2, -0.15) is 11.8 Å². The first-order valence-electron chi connectivity index (χ1n) is 18.1. The average Bonchev–Trinajstić information content (AvgIpc) is 3.06. The van der Waals surface area contributed by atoms with Crippen molar-refractivity contribution in [2.45, 2.75) is 115 Å². The Balaban J connectivity index is 1.95. The maximum absolute atomic E-state index is 14.2. The molecule has 3 aromatic rings. The molecule has 0 aliphatic heterocycles. The molecular weight excluding hydrogens is 675 g/mol. The fraction of sp³-hybridized carbons (Fsp3) is 0.500. The van der Waals surface area contributed by atoms with Gasteiger partial charge in [0.05, 0.1) is 13.2 Å². The number of carbonyl (C=O) groups is 3. The van der Waals surface area contributed by atoms with Crippen LogP contribution in [0.4, 0.5) is 4.79 Å². The van der Waals surface area contributed by atoms with Crippen LogP contribution >= 0.6 is 11.8 Å². The third kappa shape index (κ3) is 16.1. The van der Waals surface area contributed by atoms with Crippen molar-refractivity contribution in [2.24, 2.45) is 5.92 Å². The van der Waals surface area contributed by atoms with Crippen LogP contribution in [0.1, 0.15) is 78.5 Å². The Labute approximate surface area is 315 Å². The van der Waals surface area contributed by atoms with Crippen molar-refractivity contribution >= 4 is 29.7 Å². The number of methoxy groups -OCH3 is 1. The van der Waals surface area contributed by atoms with Crippen LogP contribution < -0.4 is 20.7 Å². The van der Waals surface area contributed by atoms with Crippen molar-refractivity contribution < 1.29 is 28.6 Å². The van der Waals surface area contributed by atoms with Gasteiger partial charge in [0, 0.05) is 23.6 Å². The quantitative estimate of drug-likeness (QED) is 0.115. The maximum Gasteiger partial charge on any atom is 0.407 e. The van der Waals surface area contributed by atoms with Gasteiger partial charge in [0.15, 0.2) is 0 Å². The van der Waals surface area contributed by atoms with Gasteiger partial charge in [-0.3, -0.25) is 4.79 Å². The highest BCUT2D eigenvalue weighted by Gasteiger charge is 2.32. The third-order valence-corrected chi connectivity index (χ3v) is 9.38. The van der Waals surface area contributed by atoms with E-state index >= 15 is 0 Å². The van der Waals surface area contributed by atoms with Gasteiger partial charge in [-0.25, -0.2) is 9.59 Å². The molecule has 0 radical (unpaired) electrons. The van der Waals surface area contributed by atoms with Crippen LogP contribution in [0.2, 0.25) is 0 Å². The van der Waals surface area contributed by atoms with E-state index in [1.807, 2.05) is 140 Å². The number of ether oxygens (including phenoxy) is 3. The zero-order chi connectivity index (χ0) is 38.3. The minimum atomic E-state index is -0.799. The Morgan fingerprint density at radius 3 is 1.77 bits per heavy atom. The smallest absolute Gasteiger partial charge is 0.407 e. The van der Waals surface area contributed by atoms with Gasteiger partial charge in [0.2, 0.25) is 5.91 Å². The zero-order valence-electron chi connectivity index (χ0n) is 32.4. The topological polar surface area (TPSA) is 115 Å². The van der Waals surface area contributed by atoms with E-state index in [0.29, 0.717) is 31.6 Å². The number of nitrogens with one attached hydrogen (secondary N) is 3. The number of thioether (sulfide) groups is 1. The second kappa shape index (κ2) is 20.3. The summed E-state index contributed by atoms with van der Waals surface area (Å²) >= 11 is 1.69. The summed E-state index contributed by atoms with van der Waals surface area (Å²) in [5, 5.41) is 9.56. The van der Waals surface area contributed by atoms with Crippen LogP contribution in [0.5, 0.6) is 5.75 Å². The van der Waals surface area contributed by atoms with E-state index in [4.69, 9.17) is 14.2 Å². The number of carbonyl (C=O) groups excluding carboxylic acids is 3. The Morgan fingerprint density at radius 2 is 1.25 bits per heavy atom. The largest absolute Gasteiger partial charge is 0.497 e. The summed E-state index contributed by atoms with van der Waals surface area (Å²) in [5.41, 5.74) is 1.76. The normalized spacial score (nSPS) is 14.1. The Hall–Kier alpha value is -4.02. The molecule has 0 aliphatic rings. The van der Waals surface area contributed by atoms with E-state index in [9.17, 15) is 14.4 Å². The van der Waals surface area contributed by atoms with E-state index in [-0.39, 0.29) is 23.1 Å². The molecule has 4 atom stereocenters. The molecule has 9 nitrogen and oxygen atoms in total. The first kappa shape index (κ1) is 42.4. The number of alkyl carbamates (subject to hydrolysis) is 1. The van der Waals surface area contributed by atoms with Crippen molar-refractivity contribution in [3.63, 3.8) is 0 Å². The number of hydrogen-bond acceptors (Lipinski definition) is 8. The number of esters is 1. The van der Waals surface area contributed by atoms with Crippen molar-refractivity contribution in [1.29, 1.82) is 0 Å². The van der Waals surface area contributed by atoms with E-state index in [1.165, 1.54) is 0 Å². The molecule has 3 aromatic carbocycles. The highest BCUT2D eigenvalue weighted by molar-refractivity contribution is 7.99. The molecule has 0 aliphatic carbocycles. The summed E-state index contributed by atoms with van der Waals surface area (Å²) in [6.07, 6.45) is 0.884. The monoisotopic (exact) mass is 733 g/mol. The lowest BCUT2D eigenvalue weighted by molar-refractivity contribution is -0.159. The Kier molecular flexibility index (Phi) is 16.5. The second-order valence-electron chi connectivity index (χ2n) is 15.5. The number of benzene rings is 3. The standard InChI is InChI=1S/C42H59N3O6S/c1-29(2)24-36(39(47)50-41(3,4)5)44-38(46)35(26-31-18-14-11-15-19-31)43-27-37(52-28-32-20-22-33(49-9)23-21-32)34(25-30-16-12-10-13-17-30)45-40(48)51-42(6,7)8/h10-23,29,34-37,43H,24-28H2,1-9H3,(H,44,46)(H,45,48)/t34?,35-,36-,37?/m0/s1. The lowest BCUT2D eigenvalue weighted by Crippen LogP contribution is -2.55. The van der Waals surface area contributed by atoms with Crippen molar-refractivity contribution in [3.05, 3.63) is 102 Å². The van der Waals surface area contributed by atoms with Gasteiger partial charge >= 0.3 is 12.1 Å². The summed E-state index contributed by atoms with van der Waals surface area (Å²) < 4.78 is 16.8. The molecule has 2 unspecified atom stereocenters. The summed E-state index contributed by atoms with van der Waals surface area (Å²) in [6, 6.07) is 25.9. The molecule has 0 spiro atoms. The van der Waals surface area contributed by atoms with Gasteiger partial charge in [-0.1, -0.05) is 86.6 Å². The SMILES string of the molecule is COc1ccc(CSC(CN[C@@H](Cc2ccccc2)C(=O)N[C@@H](CC(C)C)C(=O)OC(C)(C)C)C(Cc2ccccc2)NC(=O)OC(C)(C)C)cc1. The predicted molar refractivity (Wildman–Crippen MR) is 211 cm³/mol. The van der Waals surface area contributed by atoms with E-state index in [2.05, 4.69) is 16.0 Å². The maximum atomic E-state index is 14.2. The lowest BCUT2D eigenvalue weighted by atomic mass is 10.0. The number of rotatable bonds is 18. The molecular formula is C42H59N3O6S. The third-order valence-electron chi connectivity index (χ3n) is 7.95. The van der Waals surface area contributed by atoms with Crippen LogP contribution in [0, 0.1) is 5.92 Å². The zero-order valence-corrected chi connectivity index (χ0v) is 33.2. The fourth-order valence-corrected chi connectivity index (χ4v) is 6.75. The summed E-state index contributed by atoms with van der Waals surface area (Å²) in [7, 11) is 1.64. The molecule has 284 valence electrons. The minimum Gasteiger partial charge on any atom is -0.497 e. The molecule has 0 saturated carbocycles. The van der Waals surface area contributed by atoms with Crippen LogP contribution in [0.25, 0.3) is 0 Å². The molecule has 52 heavy (non-hydrogen) atoms. The molecule has 3 rings (SSSR count). The molecule has 2 amide bonds. The highest BCUT2D eigenvalue weighted by Crippen LogP contribution is 2.25. The summed E-state index contributed by atoms with van der Waals surface area (Å²) in [5.74, 6) is 0.832. The van der Waals surface area contributed by atoms with Crippen LogP contribution in [0.15, 0.2) is 84.9 Å². The van der Waals surface area contributed by atoms with E-state index in [0.717, 1.165) is 22.4 Å². The average molecular weight is 734 g/mol. The van der Waals surface area contributed by atoms with Gasteiger partial charge < -0.3 is 30.2 Å². The molecule has 0 saturated heterocycles. The molecule has 0 fully saturated rings. The van der Waals surface area contributed by atoms with Gasteiger partial charge in [-0.05, 0) is 95.5 Å². The molecule has 0 aromatic heterocycles. The molecule has 0 bridgehead atoms. The Morgan fingerprint density at radius 1 is 0.692 bits per heavy atom. The minimum absolute atomic E-state index is 0.148. The van der Waals surface area contributed by atoms with Gasteiger partial charge in [0.25, 0.3) is 0 Å². The van der Waals surface area contributed by atoms with E-state index < -0.39 is 35.3 Å². The van der Waals surface area contributed by atoms with Crippen molar-refractivity contribution in [3.8, 4) is 5.75 Å². The van der Waals surface area contributed by atoms with Gasteiger partial charge in [0.1, 0.15) is 23.0 Å². The van der Waals surface area contributed by atoms with Crippen LogP contribution in [0.3, 0.4) is 0 Å². The molecule has 0 heterocycles. The highest BCUT2D eigenvalue weighted by atomic mass is 32.2. The number of amides is 2. The first-order chi connectivity index (χ1) is 24.5. The molecule has 10 heteroatoms. The fourth-order valence-electron chi connectivity index (χ4n) is 5.54. The van der Waals surface area contributed by atoms with Crippen molar-refractivity contribution in [2.75, 3.05) is 13.7 Å². The first-order valence-corrected chi connectivity index (χ1v) is 19.1. The predicted octanol–water partition coefficient (Wildman–Crippen LogP) is 7.51. The van der Waals surface area contributed by atoms with Crippen LogP contribution in [-0.2, 0) is 37.7 Å². The summed E-state index contributed by atoms with van der Waals surface area (Å²) in [6.45, 7) is 15.4. The summed E-state index contributed by atoms with van der Waals surface area (Å²) in [4.78, 5) is 40.7. The second-order valence-corrected chi connectivity index (χ2v) is 16.7.